The van der Waals surface area contributed by atoms with E-state index in [4.69, 9.17) is 4.74 Å². The van der Waals surface area contributed by atoms with Crippen molar-refractivity contribution in [2.45, 2.75) is 0 Å². The van der Waals surface area contributed by atoms with Gasteiger partial charge in [-0.2, -0.15) is 0 Å². The number of aliphatic imine (C=N–C) groups is 1. The maximum Gasteiger partial charge on any atom is 0.151 e. The van der Waals surface area contributed by atoms with Gasteiger partial charge in [0.2, 0.25) is 0 Å². The van der Waals surface area contributed by atoms with Crippen LogP contribution in [0.15, 0.2) is 65.7 Å². The zero-order valence-corrected chi connectivity index (χ0v) is 10.3. The van der Waals surface area contributed by atoms with Crippen molar-refractivity contribution in [1.82, 2.24) is 10.3 Å². The lowest BCUT2D eigenvalue weighted by Gasteiger charge is -2.04. The number of rotatable bonds is 4. The molecule has 4 nitrogen and oxygen atoms in total. The second kappa shape index (κ2) is 5.82. The van der Waals surface area contributed by atoms with E-state index in [1.54, 1.807) is 25.5 Å². The summed E-state index contributed by atoms with van der Waals surface area (Å²) in [5, 5.41) is 3.22. The number of aromatic nitrogens is 1. The number of allylic oxidation sites excluding steroid dienone is 3. The van der Waals surface area contributed by atoms with Gasteiger partial charge in [-0.25, -0.2) is 0 Å². The van der Waals surface area contributed by atoms with Gasteiger partial charge < -0.3 is 10.1 Å². The average molecular weight is 241 g/mol. The zero-order valence-electron chi connectivity index (χ0n) is 10.3. The van der Waals surface area contributed by atoms with Gasteiger partial charge in [-0.15, -0.1) is 0 Å². The van der Waals surface area contributed by atoms with Crippen LogP contribution in [0.4, 0.5) is 0 Å². The summed E-state index contributed by atoms with van der Waals surface area (Å²) >= 11 is 0. The van der Waals surface area contributed by atoms with E-state index in [2.05, 4.69) is 21.9 Å². The van der Waals surface area contributed by atoms with Crippen molar-refractivity contribution in [2.75, 3.05) is 13.7 Å². The van der Waals surface area contributed by atoms with Gasteiger partial charge in [-0.05, 0) is 18.2 Å². The first kappa shape index (κ1) is 12.1. The number of methoxy groups -OCH3 is 1. The second-order valence-electron chi connectivity index (χ2n) is 3.68. The van der Waals surface area contributed by atoms with Crippen molar-refractivity contribution in [3.8, 4) is 0 Å². The van der Waals surface area contributed by atoms with Crippen molar-refractivity contribution < 1.29 is 4.74 Å². The lowest BCUT2D eigenvalue weighted by atomic mass is 10.3. The number of hydrogen-bond donors (Lipinski definition) is 1. The largest absolute Gasteiger partial charge is 0.497 e. The molecular weight excluding hydrogens is 226 g/mol. The van der Waals surface area contributed by atoms with Gasteiger partial charge >= 0.3 is 0 Å². The standard InChI is InChI=1S/C14H15N3O/c1-3-6-12(18-2)9-11-10-16-14(17-11)13-7-4-5-8-15-13/h3-9H,1,10H2,2H3,(H,16,17)/b11-9+,12-6+. The fourth-order valence-electron chi connectivity index (χ4n) is 1.59. The number of ether oxygens (including phenoxy) is 1. The topological polar surface area (TPSA) is 46.5 Å². The van der Waals surface area contributed by atoms with Crippen LogP contribution in [0.3, 0.4) is 0 Å². The molecular formula is C14H15N3O. The molecule has 0 unspecified atom stereocenters. The fraction of sp³-hybridized carbons (Fsp3) is 0.143. The highest BCUT2D eigenvalue weighted by molar-refractivity contribution is 5.99. The van der Waals surface area contributed by atoms with E-state index < -0.39 is 0 Å². The van der Waals surface area contributed by atoms with Crippen LogP contribution < -0.4 is 5.32 Å². The van der Waals surface area contributed by atoms with Crippen LogP contribution in [0.2, 0.25) is 0 Å². The molecule has 1 aromatic heterocycles. The molecule has 1 N–H and O–H groups in total. The van der Waals surface area contributed by atoms with E-state index in [-0.39, 0.29) is 0 Å². The number of pyridine rings is 1. The second-order valence-corrected chi connectivity index (χ2v) is 3.68. The summed E-state index contributed by atoms with van der Waals surface area (Å²) in [5.41, 5.74) is 1.82. The monoisotopic (exact) mass is 241 g/mol. The highest BCUT2D eigenvalue weighted by atomic mass is 16.5. The quantitative estimate of drug-likeness (QED) is 0.648. The summed E-state index contributed by atoms with van der Waals surface area (Å²) in [7, 11) is 1.63. The van der Waals surface area contributed by atoms with E-state index in [1.807, 2.05) is 24.3 Å². The minimum Gasteiger partial charge on any atom is -0.497 e. The van der Waals surface area contributed by atoms with E-state index in [9.17, 15) is 0 Å². The van der Waals surface area contributed by atoms with E-state index >= 15 is 0 Å². The van der Waals surface area contributed by atoms with Gasteiger partial charge in [-0.1, -0.05) is 18.7 Å². The Hall–Kier alpha value is -2.36. The van der Waals surface area contributed by atoms with Crippen molar-refractivity contribution >= 4 is 5.84 Å². The Morgan fingerprint density at radius 1 is 1.50 bits per heavy atom. The molecule has 0 aliphatic carbocycles. The SMILES string of the molecule is C=C/C=C(\C=C1/CN=C(c2ccccn2)N1)OC. The predicted octanol–water partition coefficient (Wildman–Crippen LogP) is 2.03. The maximum absolute atomic E-state index is 5.20. The first-order valence-electron chi connectivity index (χ1n) is 5.63. The maximum atomic E-state index is 5.20. The molecule has 0 fully saturated rings. The normalized spacial score (nSPS) is 17.3. The minimum absolute atomic E-state index is 0.601. The zero-order chi connectivity index (χ0) is 12.8. The van der Waals surface area contributed by atoms with E-state index in [1.165, 1.54) is 0 Å². The summed E-state index contributed by atoms with van der Waals surface area (Å²) in [6, 6.07) is 5.74. The molecule has 92 valence electrons. The molecule has 0 aromatic carbocycles. The smallest absolute Gasteiger partial charge is 0.151 e. The van der Waals surface area contributed by atoms with Crippen LogP contribution in [0, 0.1) is 0 Å². The average Bonchev–Trinajstić information content (AvgIpc) is 2.88. The molecule has 0 amide bonds. The first-order chi connectivity index (χ1) is 8.83. The third-order valence-corrected chi connectivity index (χ3v) is 2.43. The molecule has 0 atom stereocenters. The Morgan fingerprint density at radius 2 is 2.39 bits per heavy atom. The molecule has 0 spiro atoms. The summed E-state index contributed by atoms with van der Waals surface area (Å²) < 4.78 is 5.20. The molecule has 1 aliphatic heterocycles. The number of amidine groups is 1. The predicted molar refractivity (Wildman–Crippen MR) is 72.1 cm³/mol. The van der Waals surface area contributed by atoms with Crippen molar-refractivity contribution in [3.63, 3.8) is 0 Å². The minimum atomic E-state index is 0.601. The summed E-state index contributed by atoms with van der Waals surface area (Å²) in [5.74, 6) is 1.53. The van der Waals surface area contributed by atoms with Crippen LogP contribution in [0.25, 0.3) is 0 Å². The van der Waals surface area contributed by atoms with Gasteiger partial charge in [0, 0.05) is 18.0 Å². The van der Waals surface area contributed by atoms with Crippen LogP contribution in [-0.2, 0) is 4.74 Å². The molecule has 1 aromatic rings. The van der Waals surface area contributed by atoms with Crippen molar-refractivity contribution in [2.24, 2.45) is 4.99 Å². The third-order valence-electron chi connectivity index (χ3n) is 2.43. The molecule has 18 heavy (non-hydrogen) atoms. The number of nitrogens with one attached hydrogen (secondary N) is 1. The molecule has 2 heterocycles. The van der Waals surface area contributed by atoms with Crippen molar-refractivity contribution in [3.05, 3.63) is 66.4 Å². The Balaban J connectivity index is 2.10. The van der Waals surface area contributed by atoms with Gasteiger partial charge in [-0.3, -0.25) is 9.98 Å². The molecule has 0 saturated heterocycles. The summed E-state index contributed by atoms with van der Waals surface area (Å²) in [6.45, 7) is 4.24. The van der Waals surface area contributed by atoms with Crippen molar-refractivity contribution in [1.29, 1.82) is 0 Å². The Kier molecular flexibility index (Phi) is 3.91. The fourth-order valence-corrected chi connectivity index (χ4v) is 1.59. The van der Waals surface area contributed by atoms with Gasteiger partial charge in [0.15, 0.2) is 5.84 Å². The number of nitrogens with zero attached hydrogens (tertiary/aromatic N) is 2. The van der Waals surface area contributed by atoms with Gasteiger partial charge in [0.25, 0.3) is 0 Å². The van der Waals surface area contributed by atoms with E-state index in [0.717, 1.165) is 23.0 Å². The van der Waals surface area contributed by atoms with Gasteiger partial charge in [0.1, 0.15) is 11.5 Å². The molecule has 1 aliphatic rings. The highest BCUT2D eigenvalue weighted by Gasteiger charge is 2.13. The van der Waals surface area contributed by atoms with Crippen LogP contribution in [0.5, 0.6) is 0 Å². The lowest BCUT2D eigenvalue weighted by Crippen LogP contribution is -2.19. The van der Waals surface area contributed by atoms with Crippen LogP contribution in [-0.4, -0.2) is 24.5 Å². The Morgan fingerprint density at radius 3 is 3.06 bits per heavy atom. The van der Waals surface area contributed by atoms with Crippen LogP contribution >= 0.6 is 0 Å². The molecule has 0 radical (unpaired) electrons. The first-order valence-corrected chi connectivity index (χ1v) is 5.63. The molecule has 0 bridgehead atoms. The van der Waals surface area contributed by atoms with Gasteiger partial charge in [0.05, 0.1) is 13.7 Å². The summed E-state index contributed by atoms with van der Waals surface area (Å²) in [6.07, 6.45) is 7.14. The van der Waals surface area contributed by atoms with Crippen LogP contribution in [0.1, 0.15) is 5.69 Å². The molecule has 4 heteroatoms. The molecule has 0 saturated carbocycles. The summed E-state index contributed by atoms with van der Waals surface area (Å²) in [4.78, 5) is 8.65. The number of hydrogen-bond acceptors (Lipinski definition) is 4. The lowest BCUT2D eigenvalue weighted by molar-refractivity contribution is 0.306. The molecule has 2 rings (SSSR count). The Bertz CT molecular complexity index is 515. The Labute approximate surface area is 106 Å². The third kappa shape index (κ3) is 2.85. The van der Waals surface area contributed by atoms with E-state index in [0.29, 0.717) is 6.54 Å². The highest BCUT2D eigenvalue weighted by Crippen LogP contribution is 2.09.